The Labute approximate surface area is 139 Å². The predicted octanol–water partition coefficient (Wildman–Crippen LogP) is 2.49. The van der Waals surface area contributed by atoms with E-state index in [4.69, 9.17) is 4.74 Å². The van der Waals surface area contributed by atoms with E-state index in [9.17, 15) is 14.9 Å². The third-order valence-corrected chi connectivity index (χ3v) is 4.61. The van der Waals surface area contributed by atoms with Crippen LogP contribution in [0.5, 0.6) is 0 Å². The largest absolute Gasteiger partial charge is 0.468 e. The lowest BCUT2D eigenvalue weighted by atomic mass is 9.78. The summed E-state index contributed by atoms with van der Waals surface area (Å²) < 4.78 is 4.79. The second-order valence-electron chi connectivity index (χ2n) is 5.17. The molecule has 0 bridgehead atoms. The molecule has 2 atom stereocenters. The van der Waals surface area contributed by atoms with Crippen LogP contribution in [0.3, 0.4) is 0 Å². The molecule has 1 aromatic rings. The molecule has 0 radical (unpaired) electrons. The lowest BCUT2D eigenvalue weighted by molar-refractivity contribution is -0.150. The van der Waals surface area contributed by atoms with Crippen LogP contribution in [-0.2, 0) is 14.3 Å². The topological polar surface area (TPSA) is 79.2 Å². The minimum absolute atomic E-state index is 0.399. The molecule has 1 amide bonds. The van der Waals surface area contributed by atoms with Crippen LogP contribution in [0.25, 0.3) is 0 Å². The van der Waals surface area contributed by atoms with Crippen molar-refractivity contribution >= 4 is 23.6 Å². The van der Waals surface area contributed by atoms with Gasteiger partial charge in [0, 0.05) is 5.92 Å². The average Bonchev–Trinajstić information content (AvgIpc) is 2.54. The molecule has 5 nitrogen and oxygen atoms in total. The highest BCUT2D eigenvalue weighted by atomic mass is 32.2. The lowest BCUT2D eigenvalue weighted by Crippen LogP contribution is -2.44. The van der Waals surface area contributed by atoms with Crippen LogP contribution in [0.15, 0.2) is 34.9 Å². The fourth-order valence-electron chi connectivity index (χ4n) is 2.60. The molecule has 0 fully saturated rings. The summed E-state index contributed by atoms with van der Waals surface area (Å²) in [6, 6.07) is 9.66. The molecular formula is C17H18N2O3S. The number of benzene rings is 1. The third-order valence-electron chi connectivity index (χ3n) is 3.71. The molecule has 1 N–H and O–H groups in total. The Kier molecular flexibility index (Phi) is 5.45. The number of esters is 1. The summed E-state index contributed by atoms with van der Waals surface area (Å²) in [6.07, 6.45) is 0. The number of amides is 1. The van der Waals surface area contributed by atoms with Crippen molar-refractivity contribution in [2.75, 3.05) is 12.9 Å². The second-order valence-corrected chi connectivity index (χ2v) is 6.44. The zero-order valence-corrected chi connectivity index (χ0v) is 14.1. The van der Waals surface area contributed by atoms with E-state index >= 15 is 0 Å². The van der Waals surface area contributed by atoms with E-state index in [0.29, 0.717) is 16.4 Å². The van der Waals surface area contributed by atoms with Crippen molar-refractivity contribution < 1.29 is 14.3 Å². The van der Waals surface area contributed by atoms with E-state index in [1.165, 1.54) is 18.9 Å². The summed E-state index contributed by atoms with van der Waals surface area (Å²) in [5.41, 5.74) is 2.22. The first-order valence-electron chi connectivity index (χ1n) is 7.25. The van der Waals surface area contributed by atoms with Crippen LogP contribution in [0.4, 0.5) is 0 Å². The number of ether oxygens (including phenoxy) is 1. The van der Waals surface area contributed by atoms with E-state index in [1.54, 1.807) is 0 Å². The first kappa shape index (κ1) is 17.1. The number of nitriles is 1. The molecule has 1 aromatic carbocycles. The van der Waals surface area contributed by atoms with Gasteiger partial charge in [-0.15, -0.1) is 11.8 Å². The van der Waals surface area contributed by atoms with Crippen LogP contribution < -0.4 is 5.32 Å². The van der Waals surface area contributed by atoms with Gasteiger partial charge in [0.05, 0.1) is 23.8 Å². The number of thioether (sulfide) groups is 1. The summed E-state index contributed by atoms with van der Waals surface area (Å²) in [5.74, 6) is -2.04. The maximum atomic E-state index is 12.4. The van der Waals surface area contributed by atoms with E-state index in [1.807, 2.05) is 38.1 Å². The molecule has 1 aliphatic heterocycles. The van der Waals surface area contributed by atoms with Crippen molar-refractivity contribution in [1.82, 2.24) is 5.32 Å². The number of rotatable bonds is 4. The van der Waals surface area contributed by atoms with Crippen molar-refractivity contribution in [3.63, 3.8) is 0 Å². The summed E-state index contributed by atoms with van der Waals surface area (Å²) in [5, 5.41) is 12.8. The number of allylic oxidation sites excluding steroid dienone is 1. The summed E-state index contributed by atoms with van der Waals surface area (Å²) >= 11 is 1.38. The van der Waals surface area contributed by atoms with Gasteiger partial charge in [0.2, 0.25) is 5.91 Å². The molecule has 2 rings (SSSR count). The van der Waals surface area contributed by atoms with Crippen molar-refractivity contribution in [2.24, 2.45) is 5.92 Å². The van der Waals surface area contributed by atoms with E-state index < -0.39 is 23.7 Å². The maximum absolute atomic E-state index is 12.4. The Morgan fingerprint density at radius 1 is 1.39 bits per heavy atom. The van der Waals surface area contributed by atoms with Gasteiger partial charge in [-0.1, -0.05) is 36.8 Å². The van der Waals surface area contributed by atoms with Gasteiger partial charge in [0.25, 0.3) is 0 Å². The minimum atomic E-state index is -1.06. The van der Waals surface area contributed by atoms with Crippen molar-refractivity contribution in [3.8, 4) is 6.07 Å². The summed E-state index contributed by atoms with van der Waals surface area (Å²) in [7, 11) is 1.24. The highest BCUT2D eigenvalue weighted by Crippen LogP contribution is 2.40. The zero-order chi connectivity index (χ0) is 17.0. The van der Waals surface area contributed by atoms with E-state index in [0.717, 1.165) is 11.1 Å². The monoisotopic (exact) mass is 330 g/mol. The lowest BCUT2D eigenvalue weighted by Gasteiger charge is -2.30. The molecule has 0 spiro atoms. The molecule has 0 aliphatic carbocycles. The highest BCUT2D eigenvalue weighted by molar-refractivity contribution is 8.03. The quantitative estimate of drug-likeness (QED) is 0.678. The Hall–Kier alpha value is -2.26. The number of carbonyl (C=O) groups is 2. The van der Waals surface area contributed by atoms with Gasteiger partial charge >= 0.3 is 5.97 Å². The van der Waals surface area contributed by atoms with Gasteiger partial charge in [-0.25, -0.2) is 0 Å². The number of aryl methyl sites for hydroxylation is 1. The van der Waals surface area contributed by atoms with Crippen LogP contribution in [0, 0.1) is 24.2 Å². The smallest absolute Gasteiger partial charge is 0.319 e. The molecule has 23 heavy (non-hydrogen) atoms. The zero-order valence-electron chi connectivity index (χ0n) is 13.3. The maximum Gasteiger partial charge on any atom is 0.319 e. The van der Waals surface area contributed by atoms with Crippen molar-refractivity contribution in [3.05, 3.63) is 46.0 Å². The van der Waals surface area contributed by atoms with E-state index in [2.05, 4.69) is 11.4 Å². The molecule has 1 heterocycles. The van der Waals surface area contributed by atoms with Crippen LogP contribution in [0.1, 0.15) is 24.0 Å². The predicted molar refractivity (Wildman–Crippen MR) is 88.3 cm³/mol. The van der Waals surface area contributed by atoms with Gasteiger partial charge in [-0.05, 0) is 18.2 Å². The molecule has 0 unspecified atom stereocenters. The highest BCUT2D eigenvalue weighted by Gasteiger charge is 2.44. The first-order valence-corrected chi connectivity index (χ1v) is 8.24. The number of methoxy groups -OCH3 is 1. The van der Waals surface area contributed by atoms with Gasteiger partial charge in [-0.3, -0.25) is 9.59 Å². The van der Waals surface area contributed by atoms with Crippen molar-refractivity contribution in [2.45, 2.75) is 19.8 Å². The molecule has 0 aromatic heterocycles. The number of hydrogen-bond donors (Lipinski definition) is 1. The molecule has 1 aliphatic rings. The average molecular weight is 330 g/mol. The van der Waals surface area contributed by atoms with Crippen LogP contribution in [0.2, 0.25) is 0 Å². The summed E-state index contributed by atoms with van der Waals surface area (Å²) in [6.45, 7) is 3.89. The Balaban J connectivity index is 2.61. The third kappa shape index (κ3) is 3.40. The number of carbonyl (C=O) groups excluding carboxylic acids is 2. The fourth-order valence-corrected chi connectivity index (χ4v) is 3.39. The molecule has 0 saturated carbocycles. The molecule has 0 saturated heterocycles. The fraction of sp³-hybridized carbons (Fsp3) is 0.353. The van der Waals surface area contributed by atoms with Crippen molar-refractivity contribution in [1.29, 1.82) is 5.26 Å². The summed E-state index contributed by atoms with van der Waals surface area (Å²) in [4.78, 5) is 24.6. The molecule has 6 heteroatoms. The standard InChI is InChI=1S/C17H18N2O3S/c1-4-23-16-12(9-18)13(11-7-5-10(2)6-8-11)14(15(20)19-16)17(21)22-3/h5-8,13-14H,4H2,1-3H3,(H,19,20)/t13-,14+/m1/s1. The van der Waals surface area contributed by atoms with Gasteiger partial charge < -0.3 is 10.1 Å². The Morgan fingerprint density at radius 2 is 2.04 bits per heavy atom. The van der Waals surface area contributed by atoms with Crippen LogP contribution >= 0.6 is 11.8 Å². The second kappa shape index (κ2) is 7.34. The molecule has 120 valence electrons. The minimum Gasteiger partial charge on any atom is -0.468 e. The number of nitrogens with zero attached hydrogens (tertiary/aromatic N) is 1. The Bertz CT molecular complexity index is 689. The first-order chi connectivity index (χ1) is 11.0. The van der Waals surface area contributed by atoms with Gasteiger partial charge in [0.15, 0.2) is 0 Å². The van der Waals surface area contributed by atoms with Gasteiger partial charge in [0.1, 0.15) is 5.92 Å². The van der Waals surface area contributed by atoms with Crippen LogP contribution in [-0.4, -0.2) is 24.7 Å². The molecular weight excluding hydrogens is 312 g/mol. The number of nitrogens with one attached hydrogen (secondary N) is 1. The SMILES string of the molecule is CCSC1=C(C#N)[C@@H](c2ccc(C)cc2)[C@H](C(=O)OC)C(=O)N1. The van der Waals surface area contributed by atoms with E-state index in [-0.39, 0.29) is 0 Å². The Morgan fingerprint density at radius 3 is 2.57 bits per heavy atom. The van der Waals surface area contributed by atoms with Gasteiger partial charge in [-0.2, -0.15) is 5.26 Å². The normalized spacial score (nSPS) is 20.7. The number of hydrogen-bond acceptors (Lipinski definition) is 5.